The Bertz CT molecular complexity index is 1170. The molecule has 2 atom stereocenters. The molecule has 2 heterocycles. The molecule has 1 amide bonds. The van der Waals surface area contributed by atoms with E-state index in [0.29, 0.717) is 45.8 Å². The van der Waals surface area contributed by atoms with Gasteiger partial charge in [-0.15, -0.1) is 0 Å². The number of carbonyl (C=O) groups excluding carboxylic acids is 1. The molecule has 1 saturated carbocycles. The van der Waals surface area contributed by atoms with E-state index >= 15 is 0 Å². The van der Waals surface area contributed by atoms with E-state index in [9.17, 15) is 9.18 Å². The molecule has 0 radical (unpaired) electrons. The molecule has 1 unspecified atom stereocenters. The lowest BCUT2D eigenvalue weighted by molar-refractivity contribution is 0.00490. The molecule has 4 rings (SSSR count). The Morgan fingerprint density at radius 2 is 2.08 bits per heavy atom. The van der Waals surface area contributed by atoms with Gasteiger partial charge in [-0.1, -0.05) is 24.2 Å². The van der Waals surface area contributed by atoms with Crippen molar-refractivity contribution in [1.29, 1.82) is 0 Å². The predicted octanol–water partition coefficient (Wildman–Crippen LogP) is 4.23. The number of halogens is 1. The van der Waals surface area contributed by atoms with Gasteiger partial charge in [0.25, 0.3) is 5.91 Å². The van der Waals surface area contributed by atoms with Crippen molar-refractivity contribution in [2.75, 3.05) is 46.2 Å². The zero-order chi connectivity index (χ0) is 25.5. The normalized spacial score (nSPS) is 17.9. The van der Waals surface area contributed by atoms with Gasteiger partial charge in [-0.05, 0) is 52.0 Å². The minimum absolute atomic E-state index is 0.146. The monoisotopic (exact) mass is 516 g/mol. The molecule has 0 saturated heterocycles. The van der Waals surface area contributed by atoms with E-state index in [1.54, 1.807) is 13.2 Å². The number of fused-ring (bicyclic) bond motifs is 1. The van der Waals surface area contributed by atoms with E-state index in [4.69, 9.17) is 9.47 Å². The molecule has 9 nitrogen and oxygen atoms in total. The van der Waals surface area contributed by atoms with Crippen LogP contribution in [0.25, 0.3) is 10.3 Å². The SMILES string of the molecule is CO[C@H]1CCCCC1COc1cc(F)ccc1Nc1ncnc2sc(C(=O)NCCCN(C)C)nc12. The van der Waals surface area contributed by atoms with E-state index < -0.39 is 5.82 Å². The second kappa shape index (κ2) is 12.4. The largest absolute Gasteiger partial charge is 0.491 e. The van der Waals surface area contributed by atoms with Crippen molar-refractivity contribution in [3.63, 3.8) is 0 Å². The van der Waals surface area contributed by atoms with Gasteiger partial charge < -0.3 is 25.0 Å². The van der Waals surface area contributed by atoms with E-state index in [2.05, 4.69) is 30.5 Å². The van der Waals surface area contributed by atoms with Crippen LogP contribution in [0.3, 0.4) is 0 Å². The highest BCUT2D eigenvalue weighted by Crippen LogP contribution is 2.33. The minimum Gasteiger partial charge on any atom is -0.491 e. The zero-order valence-electron chi connectivity index (χ0n) is 20.9. The summed E-state index contributed by atoms with van der Waals surface area (Å²) in [5, 5.41) is 6.42. The fraction of sp³-hybridized carbons (Fsp3) is 0.520. The number of thiazole rings is 1. The van der Waals surface area contributed by atoms with Crippen LogP contribution in [0.2, 0.25) is 0 Å². The Kier molecular flexibility index (Phi) is 9.00. The van der Waals surface area contributed by atoms with Crippen molar-refractivity contribution < 1.29 is 18.7 Å². The third-order valence-corrected chi connectivity index (χ3v) is 7.21. The molecule has 1 fully saturated rings. The number of hydrogen-bond donors (Lipinski definition) is 2. The highest BCUT2D eigenvalue weighted by molar-refractivity contribution is 7.19. The van der Waals surface area contributed by atoms with Gasteiger partial charge in [0, 0.05) is 25.6 Å². The highest BCUT2D eigenvalue weighted by Gasteiger charge is 2.26. The average Bonchev–Trinajstić information content (AvgIpc) is 3.32. The predicted molar refractivity (Wildman–Crippen MR) is 139 cm³/mol. The summed E-state index contributed by atoms with van der Waals surface area (Å²) in [5.74, 6) is 0.428. The second-order valence-electron chi connectivity index (χ2n) is 9.20. The molecule has 2 N–H and O–H groups in total. The summed E-state index contributed by atoms with van der Waals surface area (Å²) in [6, 6.07) is 4.33. The van der Waals surface area contributed by atoms with Crippen LogP contribution in [0.15, 0.2) is 24.5 Å². The van der Waals surface area contributed by atoms with Crippen molar-refractivity contribution in [3.05, 3.63) is 35.4 Å². The topological polar surface area (TPSA) is 102 Å². The number of rotatable bonds is 11. The van der Waals surface area contributed by atoms with Gasteiger partial charge in [0.05, 0.1) is 18.4 Å². The first kappa shape index (κ1) is 26.2. The first-order valence-corrected chi connectivity index (χ1v) is 13.0. The number of nitrogens with one attached hydrogen (secondary N) is 2. The van der Waals surface area contributed by atoms with Crippen LogP contribution in [0.4, 0.5) is 15.9 Å². The van der Waals surface area contributed by atoms with Crippen LogP contribution in [0, 0.1) is 11.7 Å². The van der Waals surface area contributed by atoms with E-state index in [1.165, 1.54) is 29.8 Å². The summed E-state index contributed by atoms with van der Waals surface area (Å²) in [6.07, 6.45) is 6.71. The Hall–Kier alpha value is -2.89. The quantitative estimate of drug-likeness (QED) is 0.365. The van der Waals surface area contributed by atoms with Gasteiger partial charge in [0.15, 0.2) is 10.8 Å². The number of benzene rings is 1. The Balaban J connectivity index is 1.48. The number of anilines is 2. The van der Waals surface area contributed by atoms with Gasteiger partial charge in [0.1, 0.15) is 28.2 Å². The maximum Gasteiger partial charge on any atom is 0.280 e. The van der Waals surface area contributed by atoms with Crippen molar-refractivity contribution in [3.8, 4) is 5.75 Å². The third kappa shape index (κ3) is 6.65. The van der Waals surface area contributed by atoms with Crippen LogP contribution < -0.4 is 15.4 Å². The summed E-state index contributed by atoms with van der Waals surface area (Å²) in [6.45, 7) is 1.88. The van der Waals surface area contributed by atoms with Crippen LogP contribution in [-0.2, 0) is 4.74 Å². The lowest BCUT2D eigenvalue weighted by Crippen LogP contribution is -2.31. The minimum atomic E-state index is -0.391. The molecule has 11 heteroatoms. The van der Waals surface area contributed by atoms with Crippen LogP contribution in [-0.4, -0.2) is 72.8 Å². The molecule has 0 aliphatic heterocycles. The highest BCUT2D eigenvalue weighted by atomic mass is 32.1. The lowest BCUT2D eigenvalue weighted by atomic mass is 9.87. The number of hydrogen-bond acceptors (Lipinski definition) is 9. The van der Waals surface area contributed by atoms with Crippen molar-refractivity contribution >= 4 is 39.1 Å². The smallest absolute Gasteiger partial charge is 0.280 e. The van der Waals surface area contributed by atoms with Crippen LogP contribution >= 0.6 is 11.3 Å². The molecular weight excluding hydrogens is 483 g/mol. The van der Waals surface area contributed by atoms with Crippen LogP contribution in [0.5, 0.6) is 5.75 Å². The number of carbonyl (C=O) groups is 1. The Morgan fingerprint density at radius 1 is 1.25 bits per heavy atom. The number of aromatic nitrogens is 3. The van der Waals surface area contributed by atoms with E-state index in [1.807, 2.05) is 14.1 Å². The number of ether oxygens (including phenoxy) is 2. The molecule has 1 aliphatic carbocycles. The van der Waals surface area contributed by atoms with E-state index in [-0.39, 0.29) is 17.9 Å². The third-order valence-electron chi connectivity index (χ3n) is 6.25. The molecule has 0 spiro atoms. The van der Waals surface area contributed by atoms with Crippen LogP contribution in [0.1, 0.15) is 41.9 Å². The van der Waals surface area contributed by atoms with Gasteiger partial charge in [-0.25, -0.2) is 19.3 Å². The fourth-order valence-corrected chi connectivity index (χ4v) is 5.16. The van der Waals surface area contributed by atoms with Gasteiger partial charge in [-0.2, -0.15) is 0 Å². The van der Waals surface area contributed by atoms with E-state index in [0.717, 1.165) is 38.6 Å². The Morgan fingerprint density at radius 3 is 2.89 bits per heavy atom. The number of methoxy groups -OCH3 is 1. The maximum absolute atomic E-state index is 14.1. The first-order chi connectivity index (χ1) is 17.4. The number of amides is 1. The first-order valence-electron chi connectivity index (χ1n) is 12.2. The molecule has 36 heavy (non-hydrogen) atoms. The molecule has 1 aliphatic rings. The average molecular weight is 517 g/mol. The van der Waals surface area contributed by atoms with Gasteiger partial charge in [0.2, 0.25) is 0 Å². The Labute approximate surface area is 214 Å². The van der Waals surface area contributed by atoms with Crippen molar-refractivity contribution in [1.82, 2.24) is 25.2 Å². The maximum atomic E-state index is 14.1. The summed E-state index contributed by atoms with van der Waals surface area (Å²) in [4.78, 5) is 28.3. The standard InChI is InChI=1S/C25H33FN6O3S/c1-32(2)12-6-11-27-23(33)25-31-21-22(28-15-29-24(21)36-25)30-18-10-9-17(26)13-20(18)35-14-16-7-4-5-8-19(16)34-3/h9-10,13,15-16,19H,4-8,11-12,14H2,1-3H3,(H,27,33)(H,28,29,30)/t16?,19-/m0/s1. The fourth-order valence-electron chi connectivity index (χ4n) is 4.33. The summed E-state index contributed by atoms with van der Waals surface area (Å²) < 4.78 is 25.8. The van der Waals surface area contributed by atoms with Crippen molar-refractivity contribution in [2.24, 2.45) is 5.92 Å². The zero-order valence-corrected chi connectivity index (χ0v) is 21.7. The molecule has 1 aromatic carbocycles. The van der Waals surface area contributed by atoms with Gasteiger partial charge in [-0.3, -0.25) is 4.79 Å². The summed E-state index contributed by atoms with van der Waals surface area (Å²) in [5.41, 5.74) is 1.03. The summed E-state index contributed by atoms with van der Waals surface area (Å²) in [7, 11) is 5.71. The summed E-state index contributed by atoms with van der Waals surface area (Å²) >= 11 is 1.20. The molecule has 0 bridgehead atoms. The molecule has 3 aromatic rings. The van der Waals surface area contributed by atoms with Crippen molar-refractivity contribution in [2.45, 2.75) is 38.2 Å². The molecule has 2 aromatic heterocycles. The number of nitrogens with zero attached hydrogens (tertiary/aromatic N) is 4. The molecular formula is C25H33FN6O3S. The second-order valence-corrected chi connectivity index (χ2v) is 10.2. The van der Waals surface area contributed by atoms with Gasteiger partial charge >= 0.3 is 0 Å². The lowest BCUT2D eigenvalue weighted by Gasteiger charge is -2.30. The molecule has 194 valence electrons.